The van der Waals surface area contributed by atoms with Crippen molar-refractivity contribution in [2.75, 3.05) is 6.54 Å². The molecule has 21 heavy (non-hydrogen) atoms. The zero-order valence-corrected chi connectivity index (χ0v) is 14.7. The maximum Gasteiger partial charge on any atom is 0.231 e. The molecule has 1 unspecified atom stereocenters. The zero-order chi connectivity index (χ0) is 15.6. The van der Waals surface area contributed by atoms with Crippen LogP contribution in [0.2, 0.25) is 5.02 Å². The van der Waals surface area contributed by atoms with Gasteiger partial charge in [0.1, 0.15) is 0 Å². The molecule has 2 rings (SSSR count). The van der Waals surface area contributed by atoms with Crippen molar-refractivity contribution in [1.29, 1.82) is 0 Å². The summed E-state index contributed by atoms with van der Waals surface area (Å²) in [6.07, 6.45) is 0.898. The molecule has 0 amide bonds. The van der Waals surface area contributed by atoms with Gasteiger partial charge < -0.3 is 10.3 Å². The number of nitrogens with two attached hydrogens (primary N) is 1. The van der Waals surface area contributed by atoms with Crippen LogP contribution in [0.15, 0.2) is 27.2 Å². The predicted octanol–water partition coefficient (Wildman–Crippen LogP) is 4.63. The number of rotatable bonds is 4. The number of hydrogen-bond acceptors (Lipinski definition) is 4. The number of benzene rings is 1. The maximum atomic E-state index is 5.99. The van der Waals surface area contributed by atoms with Crippen LogP contribution in [-0.4, -0.2) is 16.7 Å². The molecule has 0 saturated heterocycles. The van der Waals surface area contributed by atoms with E-state index in [0.717, 1.165) is 16.5 Å². The van der Waals surface area contributed by atoms with Crippen LogP contribution >= 0.6 is 27.5 Å². The Morgan fingerprint density at radius 3 is 2.67 bits per heavy atom. The third kappa shape index (κ3) is 4.28. The topological polar surface area (TPSA) is 64.9 Å². The minimum absolute atomic E-state index is 0.0713. The summed E-state index contributed by atoms with van der Waals surface area (Å²) < 4.78 is 6.20. The van der Waals surface area contributed by atoms with Gasteiger partial charge in [0.05, 0.1) is 10.9 Å². The highest BCUT2D eigenvalue weighted by molar-refractivity contribution is 9.10. The van der Waals surface area contributed by atoms with Crippen LogP contribution in [-0.2, 0) is 0 Å². The Morgan fingerprint density at radius 1 is 1.38 bits per heavy atom. The normalized spacial score (nSPS) is 13.4. The van der Waals surface area contributed by atoms with Gasteiger partial charge in [-0.05, 0) is 46.0 Å². The first-order valence-electron chi connectivity index (χ1n) is 6.79. The number of hydrogen-bond donors (Lipinski definition) is 1. The molecule has 2 N–H and O–H groups in total. The van der Waals surface area contributed by atoms with Gasteiger partial charge >= 0.3 is 0 Å². The molecule has 0 saturated carbocycles. The van der Waals surface area contributed by atoms with Crippen molar-refractivity contribution < 1.29 is 4.52 Å². The van der Waals surface area contributed by atoms with Crippen molar-refractivity contribution in [2.24, 2.45) is 11.1 Å². The van der Waals surface area contributed by atoms with E-state index in [1.807, 2.05) is 12.1 Å². The molecule has 1 aromatic heterocycles. The lowest BCUT2D eigenvalue weighted by molar-refractivity contribution is 0.287. The summed E-state index contributed by atoms with van der Waals surface area (Å²) in [7, 11) is 0. The third-order valence-corrected chi connectivity index (χ3v) is 4.33. The monoisotopic (exact) mass is 371 g/mol. The molecule has 0 spiro atoms. The highest BCUT2D eigenvalue weighted by atomic mass is 79.9. The molecule has 2 aromatic rings. The molecular formula is C15H19BrClN3O. The first kappa shape index (κ1) is 16.5. The van der Waals surface area contributed by atoms with Crippen LogP contribution in [0.1, 0.15) is 39.0 Å². The van der Waals surface area contributed by atoms with E-state index < -0.39 is 0 Å². The quantitative estimate of drug-likeness (QED) is 0.849. The van der Waals surface area contributed by atoms with Crippen LogP contribution in [0, 0.1) is 5.41 Å². The minimum Gasteiger partial charge on any atom is -0.339 e. The van der Waals surface area contributed by atoms with Crippen molar-refractivity contribution in [3.8, 4) is 11.4 Å². The van der Waals surface area contributed by atoms with Gasteiger partial charge in [-0.2, -0.15) is 4.98 Å². The molecule has 114 valence electrons. The second kappa shape index (κ2) is 6.46. The van der Waals surface area contributed by atoms with Crippen LogP contribution in [0.3, 0.4) is 0 Å². The highest BCUT2D eigenvalue weighted by Gasteiger charge is 2.24. The Morgan fingerprint density at radius 2 is 2.10 bits per heavy atom. The SMILES string of the molecule is CC(C)(C)CC(CN)c1nc(-c2ccc(Cl)c(Br)c2)no1. The van der Waals surface area contributed by atoms with E-state index in [2.05, 4.69) is 46.8 Å². The highest BCUT2D eigenvalue weighted by Crippen LogP contribution is 2.32. The zero-order valence-electron chi connectivity index (χ0n) is 12.4. The maximum absolute atomic E-state index is 5.99. The van der Waals surface area contributed by atoms with Crippen molar-refractivity contribution in [3.63, 3.8) is 0 Å². The van der Waals surface area contributed by atoms with E-state index in [0.29, 0.717) is 23.3 Å². The lowest BCUT2D eigenvalue weighted by Gasteiger charge is -2.22. The molecule has 0 aliphatic heterocycles. The van der Waals surface area contributed by atoms with Gasteiger partial charge in [-0.25, -0.2) is 0 Å². The van der Waals surface area contributed by atoms with Crippen molar-refractivity contribution >= 4 is 27.5 Å². The van der Waals surface area contributed by atoms with E-state index in [-0.39, 0.29) is 11.3 Å². The van der Waals surface area contributed by atoms with Crippen molar-refractivity contribution in [1.82, 2.24) is 10.1 Å². The van der Waals surface area contributed by atoms with Crippen LogP contribution < -0.4 is 5.73 Å². The summed E-state index contributed by atoms with van der Waals surface area (Å²) in [5, 5.41) is 4.70. The fourth-order valence-electron chi connectivity index (χ4n) is 2.16. The van der Waals surface area contributed by atoms with E-state index in [1.165, 1.54) is 0 Å². The molecule has 0 fully saturated rings. The average molecular weight is 373 g/mol. The molecule has 4 nitrogen and oxygen atoms in total. The molecule has 1 heterocycles. The number of nitrogens with zero attached hydrogens (tertiary/aromatic N) is 2. The summed E-state index contributed by atoms with van der Waals surface area (Å²) in [6.45, 7) is 7.00. The molecular weight excluding hydrogens is 354 g/mol. The van der Waals surface area contributed by atoms with E-state index in [1.54, 1.807) is 6.07 Å². The van der Waals surface area contributed by atoms with Crippen LogP contribution in [0.4, 0.5) is 0 Å². The Hall–Kier alpha value is -0.910. The molecule has 0 aliphatic carbocycles. The molecule has 1 atom stereocenters. The first-order chi connectivity index (χ1) is 9.80. The van der Waals surface area contributed by atoms with Gasteiger partial charge in [-0.15, -0.1) is 0 Å². The van der Waals surface area contributed by atoms with E-state index in [9.17, 15) is 0 Å². The molecule has 0 radical (unpaired) electrons. The summed E-state index contributed by atoms with van der Waals surface area (Å²) in [4.78, 5) is 4.48. The van der Waals surface area contributed by atoms with Gasteiger partial charge in [-0.1, -0.05) is 37.5 Å². The van der Waals surface area contributed by atoms with Crippen molar-refractivity contribution in [2.45, 2.75) is 33.1 Å². The van der Waals surface area contributed by atoms with Crippen molar-refractivity contribution in [3.05, 3.63) is 33.6 Å². The molecule has 0 bridgehead atoms. The number of halogens is 2. The largest absolute Gasteiger partial charge is 0.339 e. The average Bonchev–Trinajstić information content (AvgIpc) is 2.87. The number of aromatic nitrogens is 2. The molecule has 6 heteroatoms. The summed E-state index contributed by atoms with van der Waals surface area (Å²) >= 11 is 9.39. The first-order valence-corrected chi connectivity index (χ1v) is 7.96. The summed E-state index contributed by atoms with van der Waals surface area (Å²) in [6, 6.07) is 5.54. The summed E-state index contributed by atoms with van der Waals surface area (Å²) in [5.74, 6) is 1.21. The summed E-state index contributed by atoms with van der Waals surface area (Å²) in [5.41, 5.74) is 6.86. The predicted molar refractivity (Wildman–Crippen MR) is 88.3 cm³/mol. The van der Waals surface area contributed by atoms with Gasteiger partial charge in [0.15, 0.2) is 0 Å². The van der Waals surface area contributed by atoms with Gasteiger partial charge in [0, 0.05) is 16.6 Å². The van der Waals surface area contributed by atoms with Gasteiger partial charge in [-0.3, -0.25) is 0 Å². The van der Waals surface area contributed by atoms with Gasteiger partial charge in [0.25, 0.3) is 0 Å². The Labute approximate surface area is 138 Å². The lowest BCUT2D eigenvalue weighted by Crippen LogP contribution is -2.19. The molecule has 0 aliphatic rings. The van der Waals surface area contributed by atoms with E-state index in [4.69, 9.17) is 21.9 Å². The third-order valence-electron chi connectivity index (χ3n) is 3.11. The minimum atomic E-state index is 0.0713. The van der Waals surface area contributed by atoms with E-state index >= 15 is 0 Å². The standard InChI is InChI=1S/C15H19BrClN3O/c1-15(2,3)7-10(8-18)14-19-13(20-21-14)9-4-5-12(17)11(16)6-9/h4-6,10H,7-8,18H2,1-3H3. The van der Waals surface area contributed by atoms with Crippen LogP contribution in [0.25, 0.3) is 11.4 Å². The van der Waals surface area contributed by atoms with Crippen LogP contribution in [0.5, 0.6) is 0 Å². The Kier molecular flexibility index (Phi) is 5.07. The second-order valence-electron chi connectivity index (χ2n) is 6.28. The fraction of sp³-hybridized carbons (Fsp3) is 0.467. The molecule has 1 aromatic carbocycles. The fourth-order valence-corrected chi connectivity index (χ4v) is 2.66. The Bertz CT molecular complexity index is 622. The lowest BCUT2D eigenvalue weighted by atomic mass is 9.84. The Balaban J connectivity index is 2.25. The smallest absolute Gasteiger partial charge is 0.231 e. The van der Waals surface area contributed by atoms with Gasteiger partial charge in [0.2, 0.25) is 11.7 Å². The second-order valence-corrected chi connectivity index (χ2v) is 7.54.